The summed E-state index contributed by atoms with van der Waals surface area (Å²) in [7, 11) is -3.77. The summed E-state index contributed by atoms with van der Waals surface area (Å²) in [6.07, 6.45) is 1.95. The van der Waals surface area contributed by atoms with Gasteiger partial charge in [-0.25, -0.2) is 18.1 Å². The second kappa shape index (κ2) is 7.14. The van der Waals surface area contributed by atoms with Crippen LogP contribution in [0.2, 0.25) is 0 Å². The molecule has 0 bridgehead atoms. The van der Waals surface area contributed by atoms with Crippen molar-refractivity contribution in [1.82, 2.24) is 9.71 Å². The first-order chi connectivity index (χ1) is 10.1. The van der Waals surface area contributed by atoms with Crippen LogP contribution in [0.15, 0.2) is 46.6 Å². The van der Waals surface area contributed by atoms with E-state index in [2.05, 4.69) is 4.98 Å². The van der Waals surface area contributed by atoms with Crippen LogP contribution in [0.3, 0.4) is 0 Å². The maximum atomic E-state index is 11.7. The van der Waals surface area contributed by atoms with E-state index in [9.17, 15) is 13.2 Å². The van der Waals surface area contributed by atoms with Gasteiger partial charge in [-0.15, -0.1) is 11.3 Å². The number of hydrogen-bond acceptors (Lipinski definition) is 5. The molecule has 5 nitrogen and oxygen atoms in total. The Kier molecular flexibility index (Phi) is 5.24. The third kappa shape index (κ3) is 5.49. The van der Waals surface area contributed by atoms with Crippen molar-refractivity contribution in [2.24, 2.45) is 0 Å². The quantitative estimate of drug-likeness (QED) is 0.884. The number of hydrogen-bond donors (Lipinski definition) is 1. The molecular formula is C14H14N2O3S2. The maximum absolute atomic E-state index is 11.7. The van der Waals surface area contributed by atoms with Gasteiger partial charge in [0.1, 0.15) is 0 Å². The van der Waals surface area contributed by atoms with E-state index in [1.54, 1.807) is 29.8 Å². The number of benzene rings is 1. The Morgan fingerprint density at radius 3 is 2.71 bits per heavy atom. The van der Waals surface area contributed by atoms with Crippen molar-refractivity contribution >= 4 is 33.3 Å². The van der Waals surface area contributed by atoms with Crippen LogP contribution in [0.1, 0.15) is 17.7 Å². The van der Waals surface area contributed by atoms with Crippen LogP contribution in [0, 0.1) is 0 Å². The zero-order valence-corrected chi connectivity index (χ0v) is 12.7. The van der Waals surface area contributed by atoms with E-state index in [-0.39, 0.29) is 6.42 Å². The molecule has 1 aromatic carbocycles. The molecule has 7 heteroatoms. The van der Waals surface area contributed by atoms with Gasteiger partial charge in [-0.2, -0.15) is 0 Å². The summed E-state index contributed by atoms with van der Waals surface area (Å²) in [5.41, 5.74) is 3.21. The SMILES string of the molecule is O=C(CCc1cscn1)NS(=O)(=O)C=Cc1ccccc1. The van der Waals surface area contributed by atoms with Crippen LogP contribution in [0.25, 0.3) is 6.08 Å². The third-order valence-corrected chi connectivity index (χ3v) is 4.23. The minimum atomic E-state index is -3.77. The van der Waals surface area contributed by atoms with Gasteiger partial charge in [-0.3, -0.25) is 4.79 Å². The Bertz CT molecular complexity index is 708. The summed E-state index contributed by atoms with van der Waals surface area (Å²) in [4.78, 5) is 15.7. The Balaban J connectivity index is 1.88. The minimum absolute atomic E-state index is 0.0855. The summed E-state index contributed by atoms with van der Waals surface area (Å²) in [5.74, 6) is -0.541. The van der Waals surface area contributed by atoms with E-state index in [1.807, 2.05) is 16.2 Å². The standard InChI is InChI=1S/C14H14N2O3S2/c17-14(7-6-13-10-20-11-15-13)16-21(18,19)9-8-12-4-2-1-3-5-12/h1-5,8-11H,6-7H2,(H,16,17). The number of aromatic nitrogens is 1. The lowest BCUT2D eigenvalue weighted by atomic mass is 10.2. The van der Waals surface area contributed by atoms with E-state index in [0.717, 1.165) is 16.7 Å². The lowest BCUT2D eigenvalue weighted by molar-refractivity contribution is -0.119. The molecule has 0 aliphatic heterocycles. The van der Waals surface area contributed by atoms with E-state index >= 15 is 0 Å². The van der Waals surface area contributed by atoms with E-state index in [0.29, 0.717) is 6.42 Å². The summed E-state index contributed by atoms with van der Waals surface area (Å²) in [6.45, 7) is 0. The fourth-order valence-electron chi connectivity index (χ4n) is 1.58. The van der Waals surface area contributed by atoms with Crippen LogP contribution in [0.5, 0.6) is 0 Å². The first-order valence-corrected chi connectivity index (χ1v) is 8.70. The molecule has 1 amide bonds. The number of nitrogens with one attached hydrogen (secondary N) is 1. The number of amides is 1. The van der Waals surface area contributed by atoms with Crippen LogP contribution in [-0.4, -0.2) is 19.3 Å². The summed E-state index contributed by atoms with van der Waals surface area (Å²) >= 11 is 1.44. The van der Waals surface area contributed by atoms with Gasteiger partial charge < -0.3 is 0 Å². The van der Waals surface area contributed by atoms with Crippen molar-refractivity contribution in [3.8, 4) is 0 Å². The molecule has 0 spiro atoms. The van der Waals surface area contributed by atoms with Gasteiger partial charge in [0.25, 0.3) is 10.0 Å². The van der Waals surface area contributed by atoms with Gasteiger partial charge in [0.15, 0.2) is 0 Å². The molecule has 21 heavy (non-hydrogen) atoms. The number of nitrogens with zero attached hydrogens (tertiary/aromatic N) is 1. The van der Waals surface area contributed by atoms with Crippen LogP contribution < -0.4 is 4.72 Å². The Hall–Kier alpha value is -1.99. The van der Waals surface area contributed by atoms with Gasteiger partial charge in [0, 0.05) is 11.8 Å². The lowest BCUT2D eigenvalue weighted by Crippen LogP contribution is -2.28. The van der Waals surface area contributed by atoms with Crippen molar-refractivity contribution in [2.45, 2.75) is 12.8 Å². The highest BCUT2D eigenvalue weighted by molar-refractivity contribution is 7.93. The van der Waals surface area contributed by atoms with E-state index in [4.69, 9.17) is 0 Å². The molecule has 0 radical (unpaired) electrons. The number of carbonyl (C=O) groups is 1. The fourth-order valence-corrected chi connectivity index (χ4v) is 3.00. The molecule has 0 atom stereocenters. The highest BCUT2D eigenvalue weighted by Crippen LogP contribution is 2.05. The third-order valence-electron chi connectivity index (χ3n) is 2.59. The largest absolute Gasteiger partial charge is 0.274 e. The predicted molar refractivity (Wildman–Crippen MR) is 83.0 cm³/mol. The highest BCUT2D eigenvalue weighted by atomic mass is 32.2. The van der Waals surface area contributed by atoms with Gasteiger partial charge in [0.2, 0.25) is 5.91 Å². The first-order valence-electron chi connectivity index (χ1n) is 6.21. The van der Waals surface area contributed by atoms with Crippen molar-refractivity contribution in [1.29, 1.82) is 0 Å². The van der Waals surface area contributed by atoms with Gasteiger partial charge in [-0.1, -0.05) is 30.3 Å². The highest BCUT2D eigenvalue weighted by Gasteiger charge is 2.11. The Morgan fingerprint density at radius 2 is 2.05 bits per heavy atom. The van der Waals surface area contributed by atoms with Crippen molar-refractivity contribution in [3.63, 3.8) is 0 Å². The Labute approximate surface area is 127 Å². The molecule has 1 aromatic heterocycles. The molecule has 0 unspecified atom stereocenters. The number of carbonyl (C=O) groups excluding carboxylic acids is 1. The zero-order valence-electron chi connectivity index (χ0n) is 11.1. The number of sulfonamides is 1. The molecule has 0 aliphatic rings. The van der Waals surface area contributed by atoms with Crippen molar-refractivity contribution in [2.75, 3.05) is 0 Å². The molecule has 0 fully saturated rings. The van der Waals surface area contributed by atoms with Crippen LogP contribution >= 0.6 is 11.3 Å². The first kappa shape index (κ1) is 15.4. The summed E-state index contributed by atoms with van der Waals surface area (Å²) in [6, 6.07) is 9.00. The van der Waals surface area contributed by atoms with Crippen molar-refractivity contribution < 1.29 is 13.2 Å². The minimum Gasteiger partial charge on any atom is -0.274 e. The average Bonchev–Trinajstić information content (AvgIpc) is 2.97. The molecule has 1 heterocycles. The van der Waals surface area contributed by atoms with Gasteiger partial charge in [0.05, 0.1) is 16.6 Å². The molecule has 2 rings (SSSR count). The maximum Gasteiger partial charge on any atom is 0.257 e. The molecule has 110 valence electrons. The van der Waals surface area contributed by atoms with Crippen LogP contribution in [-0.2, 0) is 21.2 Å². The van der Waals surface area contributed by atoms with E-state index in [1.165, 1.54) is 17.4 Å². The lowest BCUT2D eigenvalue weighted by Gasteiger charge is -2.02. The van der Waals surface area contributed by atoms with Crippen molar-refractivity contribution in [3.05, 3.63) is 57.9 Å². The molecule has 2 aromatic rings. The second-order valence-electron chi connectivity index (χ2n) is 4.26. The normalized spacial score (nSPS) is 11.6. The Morgan fingerprint density at radius 1 is 1.29 bits per heavy atom. The number of thiazole rings is 1. The molecule has 1 N–H and O–H groups in total. The predicted octanol–water partition coefficient (Wildman–Crippen LogP) is 2.19. The van der Waals surface area contributed by atoms with Gasteiger partial charge >= 0.3 is 0 Å². The van der Waals surface area contributed by atoms with E-state index < -0.39 is 15.9 Å². The zero-order chi connectivity index (χ0) is 15.1. The topological polar surface area (TPSA) is 76.1 Å². The average molecular weight is 322 g/mol. The summed E-state index contributed by atoms with van der Waals surface area (Å²) in [5, 5.41) is 2.82. The van der Waals surface area contributed by atoms with Gasteiger partial charge in [-0.05, 0) is 18.1 Å². The molecular weight excluding hydrogens is 308 g/mol. The second-order valence-corrected chi connectivity index (χ2v) is 6.55. The molecule has 0 aliphatic carbocycles. The van der Waals surface area contributed by atoms with Crippen LogP contribution in [0.4, 0.5) is 0 Å². The number of rotatable bonds is 6. The monoisotopic (exact) mass is 322 g/mol. The smallest absolute Gasteiger partial charge is 0.257 e. The molecule has 0 saturated carbocycles. The summed E-state index contributed by atoms with van der Waals surface area (Å²) < 4.78 is 25.5. The molecule has 0 saturated heterocycles. The number of aryl methyl sites for hydroxylation is 1. The fraction of sp³-hybridized carbons (Fsp3) is 0.143.